The van der Waals surface area contributed by atoms with Crippen molar-refractivity contribution in [1.29, 1.82) is 0 Å². The molecule has 3 aromatic rings. The summed E-state index contributed by atoms with van der Waals surface area (Å²) in [6.07, 6.45) is 1.69. The van der Waals surface area contributed by atoms with Crippen LogP contribution in [0.5, 0.6) is 0 Å². The average molecular weight is 303 g/mol. The highest BCUT2D eigenvalue weighted by Crippen LogP contribution is 2.28. The molecule has 0 saturated heterocycles. The van der Waals surface area contributed by atoms with Crippen molar-refractivity contribution < 1.29 is 9.34 Å². The van der Waals surface area contributed by atoms with Crippen LogP contribution in [-0.2, 0) is 6.54 Å². The fourth-order valence-corrected chi connectivity index (χ4v) is 2.36. The number of para-hydroxylation sites is 1. The van der Waals surface area contributed by atoms with Gasteiger partial charge in [-0.05, 0) is 12.1 Å². The van der Waals surface area contributed by atoms with Crippen LogP contribution in [0.1, 0.15) is 5.56 Å². The molecule has 0 atom stereocenters. The number of anilines is 1. The Morgan fingerprint density at radius 3 is 2.81 bits per heavy atom. The van der Waals surface area contributed by atoms with E-state index in [0.717, 1.165) is 16.5 Å². The third-order valence-corrected chi connectivity index (χ3v) is 3.51. The fraction of sp³-hybridized carbons (Fsp3) is 0.0667. The smallest absolute Gasteiger partial charge is 0.271 e. The van der Waals surface area contributed by atoms with Crippen LogP contribution in [0.4, 0.5) is 11.4 Å². The van der Waals surface area contributed by atoms with Crippen LogP contribution >= 0.6 is 11.6 Å². The second kappa shape index (κ2) is 5.46. The Kier molecular flexibility index (Phi) is 3.50. The molecule has 0 radical (unpaired) electrons. The number of nitro groups is 1. The zero-order valence-electron chi connectivity index (χ0n) is 10.9. The lowest BCUT2D eigenvalue weighted by Crippen LogP contribution is -1.99. The van der Waals surface area contributed by atoms with Gasteiger partial charge in [-0.2, -0.15) is 0 Å². The van der Waals surface area contributed by atoms with Gasteiger partial charge in [0.2, 0.25) is 0 Å². The van der Waals surface area contributed by atoms with Gasteiger partial charge >= 0.3 is 0 Å². The first kappa shape index (κ1) is 13.5. The van der Waals surface area contributed by atoms with E-state index < -0.39 is 4.92 Å². The minimum atomic E-state index is -0.473. The first-order valence-corrected chi connectivity index (χ1v) is 6.66. The van der Waals surface area contributed by atoms with E-state index in [2.05, 4.69) is 5.32 Å². The molecular weight excluding hydrogens is 292 g/mol. The molecule has 0 bridgehead atoms. The molecule has 0 fully saturated rings. The summed E-state index contributed by atoms with van der Waals surface area (Å²) in [5.41, 5.74) is 2.44. The molecule has 106 valence electrons. The van der Waals surface area contributed by atoms with Gasteiger partial charge < -0.3 is 9.73 Å². The molecule has 5 nitrogen and oxygen atoms in total. The first-order chi connectivity index (χ1) is 10.1. The van der Waals surface area contributed by atoms with E-state index in [-0.39, 0.29) is 5.69 Å². The summed E-state index contributed by atoms with van der Waals surface area (Å²) in [7, 11) is 0. The lowest BCUT2D eigenvalue weighted by atomic mass is 10.2. The van der Waals surface area contributed by atoms with Crippen molar-refractivity contribution in [3.63, 3.8) is 0 Å². The maximum absolute atomic E-state index is 10.7. The number of nitrogens with zero attached hydrogens (tertiary/aromatic N) is 1. The van der Waals surface area contributed by atoms with Gasteiger partial charge in [0.05, 0.1) is 21.9 Å². The van der Waals surface area contributed by atoms with E-state index in [1.165, 1.54) is 12.1 Å². The van der Waals surface area contributed by atoms with E-state index in [1.54, 1.807) is 12.3 Å². The Bertz CT molecular complexity index is 814. The normalized spacial score (nSPS) is 10.7. The van der Waals surface area contributed by atoms with Gasteiger partial charge in [0, 0.05) is 29.6 Å². The van der Waals surface area contributed by atoms with Gasteiger partial charge in [0.25, 0.3) is 5.69 Å². The van der Waals surface area contributed by atoms with Gasteiger partial charge in [-0.1, -0.05) is 29.8 Å². The summed E-state index contributed by atoms with van der Waals surface area (Å²) in [5.74, 6) is 0. The number of nitrogens with one attached hydrogen (secondary N) is 1. The van der Waals surface area contributed by atoms with Crippen molar-refractivity contribution in [2.45, 2.75) is 6.54 Å². The Morgan fingerprint density at radius 1 is 1.24 bits per heavy atom. The molecule has 0 aliphatic rings. The SMILES string of the molecule is O=[N+]([O-])c1ccc(NCc2coc3ccccc23)c(Cl)c1. The number of nitro benzene ring substituents is 1. The van der Waals surface area contributed by atoms with Crippen molar-refractivity contribution in [3.8, 4) is 0 Å². The molecule has 1 aromatic heterocycles. The van der Waals surface area contributed by atoms with E-state index in [9.17, 15) is 10.1 Å². The van der Waals surface area contributed by atoms with Gasteiger partial charge in [-0.15, -0.1) is 0 Å². The third-order valence-electron chi connectivity index (χ3n) is 3.19. The monoisotopic (exact) mass is 302 g/mol. The Labute approximate surface area is 125 Å². The van der Waals surface area contributed by atoms with Crippen LogP contribution in [0.3, 0.4) is 0 Å². The van der Waals surface area contributed by atoms with Crippen molar-refractivity contribution in [2.75, 3.05) is 5.32 Å². The van der Waals surface area contributed by atoms with Crippen LogP contribution in [0.25, 0.3) is 11.0 Å². The summed E-state index contributed by atoms with van der Waals surface area (Å²) in [4.78, 5) is 10.2. The molecule has 1 N–H and O–H groups in total. The van der Waals surface area contributed by atoms with Crippen molar-refractivity contribution in [1.82, 2.24) is 0 Å². The minimum Gasteiger partial charge on any atom is -0.464 e. The Morgan fingerprint density at radius 2 is 2.05 bits per heavy atom. The van der Waals surface area contributed by atoms with E-state index in [0.29, 0.717) is 17.3 Å². The van der Waals surface area contributed by atoms with Crippen molar-refractivity contribution in [3.05, 3.63) is 69.4 Å². The number of non-ortho nitro benzene ring substituents is 1. The molecule has 1 heterocycles. The molecule has 3 rings (SSSR count). The van der Waals surface area contributed by atoms with Crippen LogP contribution in [0, 0.1) is 10.1 Å². The lowest BCUT2D eigenvalue weighted by molar-refractivity contribution is -0.384. The summed E-state index contributed by atoms with van der Waals surface area (Å²) in [6, 6.07) is 12.1. The number of fused-ring (bicyclic) bond motifs is 1. The number of furan rings is 1. The zero-order chi connectivity index (χ0) is 14.8. The molecule has 0 saturated carbocycles. The van der Waals surface area contributed by atoms with Gasteiger partial charge in [0.1, 0.15) is 5.58 Å². The average Bonchev–Trinajstić information content (AvgIpc) is 2.89. The highest BCUT2D eigenvalue weighted by Gasteiger charge is 2.10. The standard InChI is InChI=1S/C15H11ClN2O3/c16-13-7-11(18(19)20)5-6-14(13)17-8-10-9-21-15-4-2-1-3-12(10)15/h1-7,9,17H,8H2. The summed E-state index contributed by atoms with van der Waals surface area (Å²) in [5, 5.41) is 15.2. The number of benzene rings is 2. The van der Waals surface area contributed by atoms with Gasteiger partial charge in [0.15, 0.2) is 0 Å². The second-order valence-electron chi connectivity index (χ2n) is 4.53. The first-order valence-electron chi connectivity index (χ1n) is 6.28. The molecule has 0 aliphatic carbocycles. The molecule has 0 spiro atoms. The molecule has 6 heteroatoms. The highest BCUT2D eigenvalue weighted by molar-refractivity contribution is 6.33. The highest BCUT2D eigenvalue weighted by atomic mass is 35.5. The molecule has 0 aliphatic heterocycles. The molecule has 2 aromatic carbocycles. The molecular formula is C15H11ClN2O3. The number of hydrogen-bond donors (Lipinski definition) is 1. The van der Waals surface area contributed by atoms with E-state index in [4.69, 9.17) is 16.0 Å². The topological polar surface area (TPSA) is 68.3 Å². The van der Waals surface area contributed by atoms with Crippen molar-refractivity contribution >= 4 is 33.9 Å². The van der Waals surface area contributed by atoms with E-state index in [1.807, 2.05) is 24.3 Å². The summed E-state index contributed by atoms with van der Waals surface area (Å²) < 4.78 is 5.46. The maximum Gasteiger partial charge on any atom is 0.271 e. The number of rotatable bonds is 4. The molecule has 0 amide bonds. The fourth-order valence-electron chi connectivity index (χ4n) is 2.12. The molecule has 0 unspecified atom stereocenters. The number of hydrogen-bond acceptors (Lipinski definition) is 4. The number of halogens is 1. The Hall–Kier alpha value is -2.53. The largest absolute Gasteiger partial charge is 0.464 e. The van der Waals surface area contributed by atoms with Crippen LogP contribution in [0.15, 0.2) is 53.1 Å². The van der Waals surface area contributed by atoms with Gasteiger partial charge in [-0.25, -0.2) is 0 Å². The molecule has 21 heavy (non-hydrogen) atoms. The Balaban J connectivity index is 1.80. The van der Waals surface area contributed by atoms with Crippen molar-refractivity contribution in [2.24, 2.45) is 0 Å². The summed E-state index contributed by atoms with van der Waals surface area (Å²) in [6.45, 7) is 0.522. The third kappa shape index (κ3) is 2.68. The van der Waals surface area contributed by atoms with Gasteiger partial charge in [-0.3, -0.25) is 10.1 Å². The summed E-state index contributed by atoms with van der Waals surface area (Å²) >= 11 is 6.04. The van der Waals surface area contributed by atoms with Crippen LogP contribution in [-0.4, -0.2) is 4.92 Å². The second-order valence-corrected chi connectivity index (χ2v) is 4.94. The van der Waals surface area contributed by atoms with Crippen LogP contribution in [0.2, 0.25) is 5.02 Å². The maximum atomic E-state index is 10.7. The minimum absolute atomic E-state index is 0.0284. The lowest BCUT2D eigenvalue weighted by Gasteiger charge is -2.07. The van der Waals surface area contributed by atoms with Crippen LogP contribution < -0.4 is 5.32 Å². The zero-order valence-corrected chi connectivity index (χ0v) is 11.6. The predicted octanol–water partition coefficient (Wildman–Crippen LogP) is 4.61. The quantitative estimate of drug-likeness (QED) is 0.564. The predicted molar refractivity (Wildman–Crippen MR) is 81.6 cm³/mol. The van der Waals surface area contributed by atoms with E-state index >= 15 is 0 Å².